The number of hydrogen-bond donors (Lipinski definition) is 1. The normalized spacial score (nSPS) is 16.0. The first-order valence-corrected chi connectivity index (χ1v) is 11.2. The number of nitrogens with one attached hydrogen (secondary N) is 1. The average Bonchev–Trinajstić information content (AvgIpc) is 3.30. The predicted octanol–water partition coefficient (Wildman–Crippen LogP) is 5.29. The van der Waals surface area contributed by atoms with Crippen molar-refractivity contribution in [2.75, 3.05) is 18.4 Å². The maximum Gasteiger partial charge on any atom is 0.254 e. The minimum absolute atomic E-state index is 0.0226. The summed E-state index contributed by atoms with van der Waals surface area (Å²) in [7, 11) is 0. The summed E-state index contributed by atoms with van der Waals surface area (Å²) >= 11 is 0. The number of hydrogen-bond acceptors (Lipinski definition) is 4. The minimum Gasteiger partial charge on any atom is -0.441 e. The topological polar surface area (TPSA) is 75.4 Å². The highest BCUT2D eigenvalue weighted by atomic mass is 16.4. The Bertz CT molecular complexity index is 1320. The van der Waals surface area contributed by atoms with E-state index < -0.39 is 0 Å². The van der Waals surface area contributed by atoms with Crippen molar-refractivity contribution in [2.45, 2.75) is 19.8 Å². The van der Waals surface area contributed by atoms with Gasteiger partial charge in [0.2, 0.25) is 11.8 Å². The minimum atomic E-state index is -0.259. The molecule has 2 amide bonds. The lowest BCUT2D eigenvalue weighted by molar-refractivity contribution is -0.121. The van der Waals surface area contributed by atoms with Gasteiger partial charge in [-0.3, -0.25) is 9.59 Å². The number of oxazole rings is 1. The smallest absolute Gasteiger partial charge is 0.254 e. The molecule has 166 valence electrons. The maximum atomic E-state index is 13.3. The van der Waals surface area contributed by atoms with E-state index in [4.69, 9.17) is 4.42 Å². The van der Waals surface area contributed by atoms with Crippen LogP contribution in [0.5, 0.6) is 0 Å². The molecule has 2 heterocycles. The van der Waals surface area contributed by atoms with Crippen LogP contribution < -0.4 is 5.32 Å². The largest absolute Gasteiger partial charge is 0.441 e. The molecule has 1 aliphatic rings. The van der Waals surface area contributed by atoms with Gasteiger partial charge in [-0.05, 0) is 54.8 Å². The Labute approximate surface area is 192 Å². The van der Waals surface area contributed by atoms with Gasteiger partial charge in [0, 0.05) is 29.9 Å². The van der Waals surface area contributed by atoms with Crippen molar-refractivity contribution in [3.8, 4) is 11.5 Å². The highest BCUT2D eigenvalue weighted by Crippen LogP contribution is 2.26. The van der Waals surface area contributed by atoms with Crippen LogP contribution in [-0.2, 0) is 4.79 Å². The zero-order chi connectivity index (χ0) is 22.8. The molecule has 0 spiro atoms. The van der Waals surface area contributed by atoms with Crippen LogP contribution in [0.3, 0.4) is 0 Å². The number of carbonyl (C=O) groups excluding carboxylic acids is 2. The average molecular weight is 440 g/mol. The fourth-order valence-electron chi connectivity index (χ4n) is 4.42. The molecule has 0 radical (unpaired) electrons. The number of piperidine rings is 1. The number of likely N-dealkylation sites (tertiary alicyclic amines) is 1. The molecule has 5 rings (SSSR count). The molecule has 3 aromatic carbocycles. The van der Waals surface area contributed by atoms with Gasteiger partial charge in [0.25, 0.3) is 5.91 Å². The molecule has 4 aromatic rings. The monoisotopic (exact) mass is 439 g/mol. The second-order valence-electron chi connectivity index (χ2n) is 8.46. The zero-order valence-corrected chi connectivity index (χ0v) is 18.5. The number of aromatic nitrogens is 1. The van der Waals surface area contributed by atoms with Crippen molar-refractivity contribution in [2.24, 2.45) is 5.92 Å². The summed E-state index contributed by atoms with van der Waals surface area (Å²) in [6.45, 7) is 2.91. The number of aryl methyl sites for hydroxylation is 1. The second-order valence-corrected chi connectivity index (χ2v) is 8.46. The first kappa shape index (κ1) is 20.9. The van der Waals surface area contributed by atoms with Crippen LogP contribution in [-0.4, -0.2) is 34.8 Å². The number of amides is 2. The standard InChI is InChI=1S/C27H25N3O3/c1-18-16-28-26(33-18)20-9-4-11-22(15-20)29-25(31)21-10-6-14-30(17-21)27(32)24-13-5-8-19-7-2-3-12-23(19)24/h2-5,7-9,11-13,15-16,21H,6,10,14,17H2,1H3,(H,29,31). The van der Waals surface area contributed by atoms with E-state index in [2.05, 4.69) is 10.3 Å². The molecule has 1 N–H and O–H groups in total. The molecule has 1 aliphatic heterocycles. The fourth-order valence-corrected chi connectivity index (χ4v) is 4.42. The summed E-state index contributed by atoms with van der Waals surface area (Å²) in [5.41, 5.74) is 2.17. The van der Waals surface area contributed by atoms with E-state index >= 15 is 0 Å². The third-order valence-electron chi connectivity index (χ3n) is 6.10. The van der Waals surface area contributed by atoms with Gasteiger partial charge in [-0.25, -0.2) is 4.98 Å². The zero-order valence-electron chi connectivity index (χ0n) is 18.5. The summed E-state index contributed by atoms with van der Waals surface area (Å²) in [5, 5.41) is 4.99. The van der Waals surface area contributed by atoms with Gasteiger partial charge in [-0.1, -0.05) is 42.5 Å². The molecule has 1 atom stereocenters. The Kier molecular flexibility index (Phi) is 5.65. The summed E-state index contributed by atoms with van der Waals surface area (Å²) in [4.78, 5) is 32.4. The SMILES string of the molecule is Cc1cnc(-c2cccc(NC(=O)C3CCCN(C(=O)c4cccc5ccccc45)C3)c2)o1. The molecular formula is C27H25N3O3. The molecule has 33 heavy (non-hydrogen) atoms. The molecule has 0 bridgehead atoms. The molecule has 0 aliphatic carbocycles. The number of nitrogens with zero attached hydrogens (tertiary/aromatic N) is 2. The Morgan fingerprint density at radius 1 is 1.06 bits per heavy atom. The van der Waals surface area contributed by atoms with Crippen molar-refractivity contribution >= 4 is 28.3 Å². The summed E-state index contributed by atoms with van der Waals surface area (Å²) in [6, 6.07) is 21.1. The second kappa shape index (κ2) is 8.90. The van der Waals surface area contributed by atoms with Gasteiger partial charge in [-0.2, -0.15) is 0 Å². The van der Waals surface area contributed by atoms with Crippen LogP contribution in [0.15, 0.2) is 77.3 Å². The van der Waals surface area contributed by atoms with Gasteiger partial charge in [0.15, 0.2) is 0 Å². The maximum absolute atomic E-state index is 13.3. The van der Waals surface area contributed by atoms with Gasteiger partial charge in [-0.15, -0.1) is 0 Å². The molecule has 1 aromatic heterocycles. The molecule has 0 saturated carbocycles. The summed E-state index contributed by atoms with van der Waals surface area (Å²) < 4.78 is 5.59. The van der Waals surface area contributed by atoms with E-state index in [0.717, 1.165) is 34.9 Å². The van der Waals surface area contributed by atoms with Crippen LogP contribution in [0.25, 0.3) is 22.2 Å². The van der Waals surface area contributed by atoms with Crippen LogP contribution in [0, 0.1) is 12.8 Å². The van der Waals surface area contributed by atoms with Crippen molar-refractivity contribution in [1.82, 2.24) is 9.88 Å². The van der Waals surface area contributed by atoms with Crippen molar-refractivity contribution < 1.29 is 14.0 Å². The van der Waals surface area contributed by atoms with Crippen LogP contribution in [0.4, 0.5) is 5.69 Å². The predicted molar refractivity (Wildman–Crippen MR) is 128 cm³/mol. The van der Waals surface area contributed by atoms with Crippen LogP contribution in [0.1, 0.15) is 29.0 Å². The van der Waals surface area contributed by atoms with Gasteiger partial charge < -0.3 is 14.6 Å². The van der Waals surface area contributed by atoms with Gasteiger partial charge in [0.05, 0.1) is 12.1 Å². The summed E-state index contributed by atoms with van der Waals surface area (Å²) in [6.07, 6.45) is 3.22. The van der Waals surface area contributed by atoms with Crippen molar-refractivity contribution in [3.05, 3.63) is 84.3 Å². The van der Waals surface area contributed by atoms with E-state index in [1.807, 2.05) is 78.6 Å². The van der Waals surface area contributed by atoms with E-state index in [9.17, 15) is 9.59 Å². The lowest BCUT2D eigenvalue weighted by atomic mass is 9.95. The molecule has 1 saturated heterocycles. The Morgan fingerprint density at radius 2 is 1.88 bits per heavy atom. The first-order valence-electron chi connectivity index (χ1n) is 11.2. The Morgan fingerprint density at radius 3 is 2.73 bits per heavy atom. The molecular weight excluding hydrogens is 414 g/mol. The van der Waals surface area contributed by atoms with Crippen molar-refractivity contribution in [3.63, 3.8) is 0 Å². The van der Waals surface area contributed by atoms with Crippen LogP contribution >= 0.6 is 0 Å². The number of carbonyl (C=O) groups is 2. The Hall–Kier alpha value is -3.93. The lowest BCUT2D eigenvalue weighted by Gasteiger charge is -2.32. The molecule has 6 heteroatoms. The molecule has 6 nitrogen and oxygen atoms in total. The number of fused-ring (bicyclic) bond motifs is 1. The highest BCUT2D eigenvalue weighted by Gasteiger charge is 2.29. The molecule has 1 unspecified atom stereocenters. The molecule has 1 fully saturated rings. The third-order valence-corrected chi connectivity index (χ3v) is 6.10. The fraction of sp³-hybridized carbons (Fsp3) is 0.222. The Balaban J connectivity index is 1.30. The van der Waals surface area contributed by atoms with Crippen LogP contribution in [0.2, 0.25) is 0 Å². The number of anilines is 1. The highest BCUT2D eigenvalue weighted by molar-refractivity contribution is 6.07. The van der Waals surface area contributed by atoms with E-state index in [1.165, 1.54) is 0 Å². The number of benzene rings is 3. The van der Waals surface area contributed by atoms with E-state index in [-0.39, 0.29) is 17.7 Å². The van der Waals surface area contributed by atoms with E-state index in [1.54, 1.807) is 6.20 Å². The first-order chi connectivity index (χ1) is 16.1. The van der Waals surface area contributed by atoms with Crippen molar-refractivity contribution in [1.29, 1.82) is 0 Å². The van der Waals surface area contributed by atoms with Gasteiger partial charge in [0.1, 0.15) is 5.76 Å². The lowest BCUT2D eigenvalue weighted by Crippen LogP contribution is -2.43. The quantitative estimate of drug-likeness (QED) is 0.469. The van der Waals surface area contributed by atoms with Gasteiger partial charge >= 0.3 is 0 Å². The third kappa shape index (κ3) is 4.37. The number of rotatable bonds is 4. The van der Waals surface area contributed by atoms with E-state index in [0.29, 0.717) is 30.2 Å². The summed E-state index contributed by atoms with van der Waals surface area (Å²) in [5.74, 6) is 0.896.